The molecule has 4 aromatic rings. The lowest BCUT2D eigenvalue weighted by Crippen LogP contribution is -2.41. The monoisotopic (exact) mass is 508 g/mol. The molecule has 0 atom stereocenters. The summed E-state index contributed by atoms with van der Waals surface area (Å²) in [6.07, 6.45) is 0. The molecule has 3 N–H and O–H groups in total. The number of rotatable bonds is 5. The third-order valence-electron chi connectivity index (χ3n) is 5.04. The maximum Gasteiger partial charge on any atom is 0.281 e. The molecule has 1 heterocycles. The van der Waals surface area contributed by atoms with Gasteiger partial charge in [-0.15, -0.1) is 11.3 Å². The van der Waals surface area contributed by atoms with Gasteiger partial charge in [0.2, 0.25) is 0 Å². The Bertz CT molecular complexity index is 1470. The SMILES string of the molecule is Cc1ccc(C(=O)Nc2ccc(C(=O)NNC(=O)c3sc4cc([N+](=O)[O-])ccc4c3Cl)cc2)cc1. The molecule has 0 spiro atoms. The second kappa shape index (κ2) is 9.92. The highest BCUT2D eigenvalue weighted by Gasteiger charge is 2.20. The molecule has 176 valence electrons. The minimum atomic E-state index is -0.658. The van der Waals surface area contributed by atoms with Crippen LogP contribution in [0, 0.1) is 17.0 Å². The fourth-order valence-electron chi connectivity index (χ4n) is 3.17. The number of carbonyl (C=O) groups is 3. The number of carbonyl (C=O) groups excluding carboxylic acids is 3. The van der Waals surface area contributed by atoms with Crippen molar-refractivity contribution in [1.29, 1.82) is 0 Å². The molecule has 0 unspecified atom stereocenters. The van der Waals surface area contributed by atoms with Gasteiger partial charge in [0.05, 0.1) is 9.95 Å². The Morgan fingerprint density at radius 3 is 2.11 bits per heavy atom. The van der Waals surface area contributed by atoms with Gasteiger partial charge in [0.15, 0.2) is 0 Å². The third-order valence-corrected chi connectivity index (χ3v) is 6.69. The number of fused-ring (bicyclic) bond motifs is 1. The highest BCUT2D eigenvalue weighted by atomic mass is 35.5. The molecule has 0 saturated heterocycles. The van der Waals surface area contributed by atoms with E-state index in [4.69, 9.17) is 11.6 Å². The van der Waals surface area contributed by atoms with E-state index in [0.29, 0.717) is 21.3 Å². The first kappa shape index (κ1) is 23.9. The van der Waals surface area contributed by atoms with Gasteiger partial charge in [-0.05, 0) is 49.4 Å². The molecular weight excluding hydrogens is 492 g/mol. The standard InChI is InChI=1S/C24H17ClN4O5S/c1-13-2-4-14(5-3-13)22(30)26-16-8-6-15(7-9-16)23(31)27-28-24(32)21-20(25)18-11-10-17(29(33)34)12-19(18)35-21/h2-12H,1H3,(H,26,30)(H,27,31)(H,28,32). The number of nitrogens with one attached hydrogen (secondary N) is 3. The number of benzene rings is 3. The van der Waals surface area contributed by atoms with Crippen LogP contribution in [0.3, 0.4) is 0 Å². The summed E-state index contributed by atoms with van der Waals surface area (Å²) in [4.78, 5) is 47.8. The largest absolute Gasteiger partial charge is 0.322 e. The molecule has 0 radical (unpaired) electrons. The number of anilines is 1. The molecule has 0 aliphatic carbocycles. The van der Waals surface area contributed by atoms with Crippen LogP contribution < -0.4 is 16.2 Å². The fourth-order valence-corrected chi connectivity index (χ4v) is 4.61. The van der Waals surface area contributed by atoms with E-state index in [-0.39, 0.29) is 27.1 Å². The zero-order chi connectivity index (χ0) is 25.1. The number of aryl methyl sites for hydroxylation is 1. The van der Waals surface area contributed by atoms with E-state index in [9.17, 15) is 24.5 Å². The molecule has 0 aliphatic heterocycles. The van der Waals surface area contributed by atoms with Gasteiger partial charge >= 0.3 is 0 Å². The van der Waals surface area contributed by atoms with Crippen LogP contribution in [-0.4, -0.2) is 22.6 Å². The summed E-state index contributed by atoms with van der Waals surface area (Å²) in [7, 11) is 0. The topological polar surface area (TPSA) is 130 Å². The van der Waals surface area contributed by atoms with E-state index in [0.717, 1.165) is 16.9 Å². The summed E-state index contributed by atoms with van der Waals surface area (Å²) in [6, 6.07) is 17.4. The molecule has 1 aromatic heterocycles. The lowest BCUT2D eigenvalue weighted by molar-refractivity contribution is -0.384. The van der Waals surface area contributed by atoms with Crippen molar-refractivity contribution in [2.75, 3.05) is 5.32 Å². The van der Waals surface area contributed by atoms with E-state index >= 15 is 0 Å². The molecule has 0 bridgehead atoms. The number of halogens is 1. The Balaban J connectivity index is 1.38. The van der Waals surface area contributed by atoms with Crippen LogP contribution in [0.15, 0.2) is 66.7 Å². The van der Waals surface area contributed by atoms with Crippen LogP contribution in [0.25, 0.3) is 10.1 Å². The number of hydrogen-bond donors (Lipinski definition) is 3. The number of nitro groups is 1. The van der Waals surface area contributed by atoms with Crippen molar-refractivity contribution in [3.8, 4) is 0 Å². The first-order chi connectivity index (χ1) is 16.7. The quantitative estimate of drug-likeness (QED) is 0.255. The molecule has 0 aliphatic rings. The molecule has 9 nitrogen and oxygen atoms in total. The lowest BCUT2D eigenvalue weighted by atomic mass is 10.1. The van der Waals surface area contributed by atoms with Crippen molar-refractivity contribution >= 4 is 62.1 Å². The maximum atomic E-state index is 12.5. The summed E-state index contributed by atoms with van der Waals surface area (Å²) in [5.74, 6) is -1.52. The first-order valence-electron chi connectivity index (χ1n) is 10.2. The van der Waals surface area contributed by atoms with Crippen molar-refractivity contribution in [2.45, 2.75) is 6.92 Å². The zero-order valence-corrected chi connectivity index (χ0v) is 19.7. The molecule has 35 heavy (non-hydrogen) atoms. The van der Waals surface area contributed by atoms with E-state index in [1.165, 1.54) is 30.3 Å². The molecule has 0 fully saturated rings. The minimum absolute atomic E-state index is 0.108. The summed E-state index contributed by atoms with van der Waals surface area (Å²) in [6.45, 7) is 1.93. The summed E-state index contributed by atoms with van der Waals surface area (Å²) >= 11 is 7.24. The molecular formula is C24H17ClN4O5S. The molecule has 4 rings (SSSR count). The van der Waals surface area contributed by atoms with Crippen molar-refractivity contribution in [2.24, 2.45) is 0 Å². The summed E-state index contributed by atoms with van der Waals surface area (Å²) in [5, 5.41) is 14.4. The predicted octanol–water partition coefficient (Wildman–Crippen LogP) is 5.10. The van der Waals surface area contributed by atoms with Crippen molar-refractivity contribution < 1.29 is 19.3 Å². The zero-order valence-electron chi connectivity index (χ0n) is 18.1. The lowest BCUT2D eigenvalue weighted by Gasteiger charge is -2.08. The van der Waals surface area contributed by atoms with Crippen LogP contribution in [0.2, 0.25) is 5.02 Å². The van der Waals surface area contributed by atoms with Gasteiger partial charge in [0, 0.05) is 39.0 Å². The van der Waals surface area contributed by atoms with Crippen LogP contribution >= 0.6 is 22.9 Å². The van der Waals surface area contributed by atoms with Crippen molar-refractivity contribution in [3.05, 3.63) is 103 Å². The maximum absolute atomic E-state index is 12.5. The van der Waals surface area contributed by atoms with E-state index in [2.05, 4.69) is 16.2 Å². The van der Waals surface area contributed by atoms with Gasteiger partial charge in [-0.25, -0.2) is 0 Å². The Morgan fingerprint density at radius 1 is 0.857 bits per heavy atom. The molecule has 0 saturated carbocycles. The number of hydrazine groups is 1. The highest BCUT2D eigenvalue weighted by Crippen LogP contribution is 2.37. The Kier molecular flexibility index (Phi) is 6.76. The van der Waals surface area contributed by atoms with Gasteiger partial charge in [0.25, 0.3) is 23.4 Å². The van der Waals surface area contributed by atoms with Gasteiger partial charge in [-0.1, -0.05) is 29.3 Å². The number of amides is 3. The van der Waals surface area contributed by atoms with Crippen LogP contribution in [0.1, 0.15) is 36.0 Å². The third kappa shape index (κ3) is 5.29. The summed E-state index contributed by atoms with van der Waals surface area (Å²) < 4.78 is 0.476. The average Bonchev–Trinajstić information content (AvgIpc) is 3.19. The Labute approximate surface area is 207 Å². The van der Waals surface area contributed by atoms with Gasteiger partial charge < -0.3 is 5.32 Å². The average molecular weight is 509 g/mol. The number of hydrogen-bond acceptors (Lipinski definition) is 6. The fraction of sp³-hybridized carbons (Fsp3) is 0.0417. The van der Waals surface area contributed by atoms with E-state index in [1.54, 1.807) is 24.3 Å². The van der Waals surface area contributed by atoms with Crippen molar-refractivity contribution in [1.82, 2.24) is 10.9 Å². The number of non-ortho nitro benzene ring substituents is 1. The van der Waals surface area contributed by atoms with Gasteiger partial charge in [-0.3, -0.25) is 35.3 Å². The highest BCUT2D eigenvalue weighted by molar-refractivity contribution is 7.21. The van der Waals surface area contributed by atoms with Crippen LogP contribution in [0.5, 0.6) is 0 Å². The second-order valence-corrected chi connectivity index (χ2v) is 8.92. The number of nitro benzene ring substituents is 1. The van der Waals surface area contributed by atoms with Crippen molar-refractivity contribution in [3.63, 3.8) is 0 Å². The van der Waals surface area contributed by atoms with E-state index < -0.39 is 16.7 Å². The second-order valence-electron chi connectivity index (χ2n) is 7.49. The molecule has 11 heteroatoms. The first-order valence-corrected chi connectivity index (χ1v) is 11.4. The van der Waals surface area contributed by atoms with Gasteiger partial charge in [-0.2, -0.15) is 0 Å². The number of thiophene rings is 1. The molecule has 3 aromatic carbocycles. The van der Waals surface area contributed by atoms with Crippen LogP contribution in [-0.2, 0) is 0 Å². The Hall–Kier alpha value is -4.28. The number of nitrogens with zero attached hydrogens (tertiary/aromatic N) is 1. The predicted molar refractivity (Wildman–Crippen MR) is 134 cm³/mol. The minimum Gasteiger partial charge on any atom is -0.322 e. The normalized spacial score (nSPS) is 10.6. The van der Waals surface area contributed by atoms with E-state index in [1.807, 2.05) is 19.1 Å². The molecule has 3 amide bonds. The summed E-state index contributed by atoms with van der Waals surface area (Å²) in [5.41, 5.74) is 6.78. The Morgan fingerprint density at radius 2 is 1.46 bits per heavy atom. The van der Waals surface area contributed by atoms with Crippen LogP contribution in [0.4, 0.5) is 11.4 Å². The smallest absolute Gasteiger partial charge is 0.281 e. The van der Waals surface area contributed by atoms with Gasteiger partial charge in [0.1, 0.15) is 4.88 Å².